The number of quaternary nitrogens is 1. The van der Waals surface area contributed by atoms with Crippen LogP contribution in [0.3, 0.4) is 0 Å². The van der Waals surface area contributed by atoms with Gasteiger partial charge in [0.2, 0.25) is 0 Å². The molecule has 114 valence electrons. The first-order valence-corrected chi connectivity index (χ1v) is 7.96. The van der Waals surface area contributed by atoms with Gasteiger partial charge in [-0.05, 0) is 34.7 Å². The highest BCUT2D eigenvalue weighted by molar-refractivity contribution is 7.16. The van der Waals surface area contributed by atoms with Crippen LogP contribution in [0.2, 0.25) is 4.34 Å². The van der Waals surface area contributed by atoms with E-state index in [1.54, 1.807) is 11.3 Å². The van der Waals surface area contributed by atoms with Gasteiger partial charge in [0.25, 0.3) is 0 Å². The van der Waals surface area contributed by atoms with E-state index in [-0.39, 0.29) is 5.69 Å². The van der Waals surface area contributed by atoms with Crippen molar-refractivity contribution >= 4 is 22.9 Å². The van der Waals surface area contributed by atoms with Crippen molar-refractivity contribution in [2.45, 2.75) is 13.2 Å². The van der Waals surface area contributed by atoms with Gasteiger partial charge in [-0.3, -0.25) is 0 Å². The van der Waals surface area contributed by atoms with E-state index in [2.05, 4.69) is 10.4 Å². The molecule has 22 heavy (non-hydrogen) atoms. The Morgan fingerprint density at radius 2 is 1.95 bits per heavy atom. The number of nitrogens with zero attached hydrogens (tertiary/aromatic N) is 4. The maximum absolute atomic E-state index is 12.3. The first kappa shape index (κ1) is 15.0. The molecule has 0 radical (unpaired) electrons. The second-order valence-corrected chi connectivity index (χ2v) is 6.81. The van der Waals surface area contributed by atoms with Gasteiger partial charge in [-0.15, -0.1) is 16.0 Å². The number of halogens is 1. The molecular weight excluding hydrogens is 322 g/mol. The fourth-order valence-corrected chi connectivity index (χ4v) is 3.36. The molecule has 1 unspecified atom stereocenters. The molecule has 0 amide bonds. The van der Waals surface area contributed by atoms with Gasteiger partial charge in [0.15, 0.2) is 6.67 Å². The van der Waals surface area contributed by atoms with E-state index in [9.17, 15) is 4.79 Å². The quantitative estimate of drug-likeness (QED) is 0.750. The summed E-state index contributed by atoms with van der Waals surface area (Å²) in [6.07, 6.45) is 0. The lowest BCUT2D eigenvalue weighted by atomic mass is 10.3. The lowest BCUT2D eigenvalue weighted by Gasteiger charge is -2.11. The zero-order valence-corrected chi connectivity index (χ0v) is 13.5. The summed E-state index contributed by atoms with van der Waals surface area (Å²) >= 11 is 7.48. The van der Waals surface area contributed by atoms with Crippen LogP contribution >= 0.6 is 22.9 Å². The summed E-state index contributed by atoms with van der Waals surface area (Å²) < 4.78 is 3.45. The average Bonchev–Trinajstić information content (AvgIpc) is 3.07. The van der Waals surface area contributed by atoms with E-state index in [1.165, 1.54) is 14.2 Å². The molecule has 1 N–H and O–H groups in total. The maximum Gasteiger partial charge on any atom is 0.373 e. The van der Waals surface area contributed by atoms with E-state index >= 15 is 0 Å². The van der Waals surface area contributed by atoms with Crippen LogP contribution in [0.25, 0.3) is 5.69 Å². The Bertz CT molecular complexity index is 810. The molecule has 0 saturated heterocycles. The normalized spacial score (nSPS) is 12.5. The summed E-state index contributed by atoms with van der Waals surface area (Å²) in [5.41, 5.74) is 0.469. The number of tetrazole rings is 1. The van der Waals surface area contributed by atoms with Gasteiger partial charge < -0.3 is 4.90 Å². The number of rotatable bonds is 5. The molecule has 0 fully saturated rings. The summed E-state index contributed by atoms with van der Waals surface area (Å²) in [5.74, 6) is 0. The fraction of sp³-hybridized carbons (Fsp3) is 0.214. The standard InChI is InChI=1S/C14H14ClN5OS/c1-18(9-12-7-8-13(15)22-12)10-19-14(21)20(17-16-19)11-5-3-2-4-6-11/h2-8H,9-10H2,1H3/p+1. The smallest absolute Gasteiger partial charge is 0.314 e. The Labute approximate surface area is 136 Å². The second-order valence-electron chi connectivity index (χ2n) is 5.01. The second kappa shape index (κ2) is 6.43. The van der Waals surface area contributed by atoms with Gasteiger partial charge in [-0.25, -0.2) is 4.79 Å². The minimum Gasteiger partial charge on any atom is -0.314 e. The monoisotopic (exact) mass is 336 g/mol. The first-order valence-electron chi connectivity index (χ1n) is 6.77. The zero-order valence-electron chi connectivity index (χ0n) is 11.9. The number of benzene rings is 1. The number of thiophene rings is 1. The van der Waals surface area contributed by atoms with Crippen molar-refractivity contribution in [2.75, 3.05) is 7.05 Å². The minimum absolute atomic E-state index is 0.241. The first-order chi connectivity index (χ1) is 10.6. The minimum atomic E-state index is -0.241. The molecule has 0 saturated carbocycles. The molecule has 3 aromatic rings. The topological polar surface area (TPSA) is 57.2 Å². The summed E-state index contributed by atoms with van der Waals surface area (Å²) in [6.45, 7) is 1.23. The highest BCUT2D eigenvalue weighted by Gasteiger charge is 2.13. The van der Waals surface area contributed by atoms with Crippen molar-refractivity contribution in [1.29, 1.82) is 0 Å². The Hall–Kier alpha value is -1.96. The van der Waals surface area contributed by atoms with Crippen molar-refractivity contribution in [3.63, 3.8) is 0 Å². The molecule has 0 aliphatic rings. The van der Waals surface area contributed by atoms with Gasteiger partial charge in [0.1, 0.15) is 6.54 Å². The predicted molar refractivity (Wildman–Crippen MR) is 85.5 cm³/mol. The van der Waals surface area contributed by atoms with Gasteiger partial charge in [-0.2, -0.15) is 4.68 Å². The maximum atomic E-state index is 12.3. The van der Waals surface area contributed by atoms with Crippen LogP contribution < -0.4 is 10.6 Å². The van der Waals surface area contributed by atoms with Gasteiger partial charge in [0, 0.05) is 0 Å². The number of hydrogen-bond acceptors (Lipinski definition) is 4. The van der Waals surface area contributed by atoms with Gasteiger partial charge >= 0.3 is 5.69 Å². The molecule has 0 bridgehead atoms. The van der Waals surface area contributed by atoms with Crippen molar-refractivity contribution in [3.8, 4) is 5.69 Å². The van der Waals surface area contributed by atoms with Crippen molar-refractivity contribution in [2.24, 2.45) is 0 Å². The molecule has 6 nitrogen and oxygen atoms in total. The molecule has 2 heterocycles. The highest BCUT2D eigenvalue weighted by atomic mass is 35.5. The summed E-state index contributed by atoms with van der Waals surface area (Å²) in [7, 11) is 2.00. The van der Waals surface area contributed by atoms with Gasteiger partial charge in [0.05, 0.1) is 21.9 Å². The molecule has 8 heteroatoms. The van der Waals surface area contributed by atoms with Gasteiger partial charge in [-0.1, -0.05) is 29.8 Å². The van der Waals surface area contributed by atoms with Crippen molar-refractivity contribution in [3.05, 3.63) is 62.2 Å². The largest absolute Gasteiger partial charge is 0.373 e. The van der Waals surface area contributed by atoms with Crippen LogP contribution in [0.15, 0.2) is 47.3 Å². The molecule has 0 aliphatic carbocycles. The molecular formula is C14H15ClN5OS+. The molecule has 0 aliphatic heterocycles. The number of aromatic nitrogens is 4. The Balaban J connectivity index is 1.73. The van der Waals surface area contributed by atoms with E-state index in [0.29, 0.717) is 12.4 Å². The Kier molecular flexibility index (Phi) is 4.37. The van der Waals surface area contributed by atoms with E-state index in [1.807, 2.05) is 49.5 Å². The van der Waals surface area contributed by atoms with Crippen LogP contribution in [0.4, 0.5) is 0 Å². The lowest BCUT2D eigenvalue weighted by Crippen LogP contribution is -3.07. The number of para-hydroxylation sites is 1. The average molecular weight is 337 g/mol. The van der Waals surface area contributed by atoms with E-state index in [4.69, 9.17) is 11.6 Å². The van der Waals surface area contributed by atoms with E-state index in [0.717, 1.165) is 15.8 Å². The predicted octanol–water partition coefficient (Wildman–Crippen LogP) is 0.816. The lowest BCUT2D eigenvalue weighted by molar-refractivity contribution is -0.917. The van der Waals surface area contributed by atoms with Crippen molar-refractivity contribution < 1.29 is 4.90 Å². The third kappa shape index (κ3) is 3.27. The van der Waals surface area contributed by atoms with Crippen LogP contribution in [0.5, 0.6) is 0 Å². The van der Waals surface area contributed by atoms with E-state index < -0.39 is 0 Å². The third-order valence-electron chi connectivity index (χ3n) is 3.16. The third-order valence-corrected chi connectivity index (χ3v) is 4.40. The zero-order chi connectivity index (χ0) is 15.5. The van der Waals surface area contributed by atoms with Crippen LogP contribution in [-0.2, 0) is 13.2 Å². The van der Waals surface area contributed by atoms with Crippen molar-refractivity contribution in [1.82, 2.24) is 19.8 Å². The number of hydrogen-bond donors (Lipinski definition) is 1. The Morgan fingerprint density at radius 3 is 2.64 bits per heavy atom. The highest BCUT2D eigenvalue weighted by Crippen LogP contribution is 2.20. The summed E-state index contributed by atoms with van der Waals surface area (Å²) in [5, 5.41) is 7.89. The summed E-state index contributed by atoms with van der Waals surface area (Å²) in [4.78, 5) is 14.6. The summed E-state index contributed by atoms with van der Waals surface area (Å²) in [6, 6.07) is 13.1. The molecule has 1 atom stereocenters. The van der Waals surface area contributed by atoms with Crippen LogP contribution in [0.1, 0.15) is 4.88 Å². The number of nitrogens with one attached hydrogen (secondary N) is 1. The molecule has 3 rings (SSSR count). The van der Waals surface area contributed by atoms with Crippen LogP contribution in [0, 0.1) is 0 Å². The van der Waals surface area contributed by atoms with Crippen LogP contribution in [-0.4, -0.2) is 26.8 Å². The fourth-order valence-electron chi connectivity index (χ4n) is 2.16. The molecule has 2 aromatic heterocycles. The molecule has 0 spiro atoms. The molecule has 1 aromatic carbocycles. The Morgan fingerprint density at radius 1 is 1.18 bits per heavy atom. The SMILES string of the molecule is C[NH+](Cc1ccc(Cl)s1)Cn1nnn(-c2ccccc2)c1=O.